The van der Waals surface area contributed by atoms with Gasteiger partial charge in [0.1, 0.15) is 11.2 Å². The summed E-state index contributed by atoms with van der Waals surface area (Å²) in [7, 11) is 0. The molecule has 0 bridgehead atoms. The Morgan fingerprint density at radius 1 is 0.356 bits per heavy atom. The summed E-state index contributed by atoms with van der Waals surface area (Å²) in [6.45, 7) is 0. The van der Waals surface area contributed by atoms with E-state index in [4.69, 9.17) is 19.4 Å². The Balaban J connectivity index is 1.21. The van der Waals surface area contributed by atoms with Gasteiger partial charge < -0.3 is 4.42 Å². The standard InChI is InChI=1S/C41H25N3O/c1-3-11-27(12-4-1)39-42-40(28-13-5-2-6-14-28)44-41(43-39)35-17-9-16-34-36-24-33-23-31(20-21-32(33)25-37(36)45-38(34)35)30-19-18-26-10-7-8-15-29(26)22-30/h1-25H. The van der Waals surface area contributed by atoms with Crippen molar-refractivity contribution < 1.29 is 4.42 Å². The number of benzene rings is 7. The van der Waals surface area contributed by atoms with Crippen LogP contribution in [-0.4, -0.2) is 15.0 Å². The molecular weight excluding hydrogens is 550 g/mol. The molecule has 0 saturated carbocycles. The summed E-state index contributed by atoms with van der Waals surface area (Å²) in [5.41, 5.74) is 6.70. The largest absolute Gasteiger partial charge is 0.455 e. The lowest BCUT2D eigenvalue weighted by Gasteiger charge is -2.08. The van der Waals surface area contributed by atoms with Gasteiger partial charge in [-0.2, -0.15) is 0 Å². The van der Waals surface area contributed by atoms with Crippen LogP contribution in [0.1, 0.15) is 0 Å². The molecule has 210 valence electrons. The van der Waals surface area contributed by atoms with Crippen LogP contribution in [0, 0.1) is 0 Å². The first-order chi connectivity index (χ1) is 22.3. The monoisotopic (exact) mass is 575 g/mol. The highest BCUT2D eigenvalue weighted by molar-refractivity contribution is 6.13. The number of hydrogen-bond acceptors (Lipinski definition) is 4. The van der Waals surface area contributed by atoms with E-state index in [1.165, 1.54) is 27.3 Å². The van der Waals surface area contributed by atoms with Crippen molar-refractivity contribution in [2.45, 2.75) is 0 Å². The quantitative estimate of drug-likeness (QED) is 0.209. The molecule has 0 aliphatic heterocycles. The summed E-state index contributed by atoms with van der Waals surface area (Å²) in [6.07, 6.45) is 0. The molecule has 2 aromatic heterocycles. The van der Waals surface area contributed by atoms with E-state index in [2.05, 4.69) is 84.9 Å². The Morgan fingerprint density at radius 2 is 0.933 bits per heavy atom. The van der Waals surface area contributed by atoms with E-state index < -0.39 is 0 Å². The summed E-state index contributed by atoms with van der Waals surface area (Å²) >= 11 is 0. The third-order valence-corrected chi connectivity index (χ3v) is 8.48. The van der Waals surface area contributed by atoms with Crippen LogP contribution < -0.4 is 0 Å². The highest BCUT2D eigenvalue weighted by atomic mass is 16.3. The van der Waals surface area contributed by atoms with Gasteiger partial charge in [0.15, 0.2) is 17.5 Å². The minimum absolute atomic E-state index is 0.579. The first kappa shape index (κ1) is 25.4. The minimum Gasteiger partial charge on any atom is -0.455 e. The predicted octanol–water partition coefficient (Wildman–Crippen LogP) is 10.7. The topological polar surface area (TPSA) is 51.8 Å². The smallest absolute Gasteiger partial charge is 0.167 e. The number of nitrogens with zero attached hydrogens (tertiary/aromatic N) is 3. The molecular formula is C41H25N3O. The van der Waals surface area contributed by atoms with Gasteiger partial charge in [-0.3, -0.25) is 0 Å². The van der Waals surface area contributed by atoms with Crippen LogP contribution in [0.2, 0.25) is 0 Å². The zero-order valence-corrected chi connectivity index (χ0v) is 24.2. The van der Waals surface area contributed by atoms with Crippen molar-refractivity contribution in [1.82, 2.24) is 15.0 Å². The van der Waals surface area contributed by atoms with Crippen LogP contribution >= 0.6 is 0 Å². The molecule has 4 nitrogen and oxygen atoms in total. The molecule has 45 heavy (non-hydrogen) atoms. The minimum atomic E-state index is 0.579. The van der Waals surface area contributed by atoms with Crippen LogP contribution in [0.15, 0.2) is 156 Å². The summed E-state index contributed by atoms with van der Waals surface area (Å²) in [5, 5.41) is 6.88. The molecule has 2 heterocycles. The molecule has 0 atom stereocenters. The highest BCUT2D eigenvalue weighted by Crippen LogP contribution is 2.38. The van der Waals surface area contributed by atoms with Crippen molar-refractivity contribution in [3.05, 3.63) is 152 Å². The lowest BCUT2D eigenvalue weighted by molar-refractivity contribution is 0.670. The SMILES string of the molecule is c1ccc(-c2nc(-c3ccccc3)nc(-c3cccc4c3oc3cc5ccc(-c6ccc7ccccc7c6)cc5cc34)n2)cc1. The van der Waals surface area contributed by atoms with E-state index in [9.17, 15) is 0 Å². The Kier molecular flexibility index (Phi) is 5.78. The van der Waals surface area contributed by atoms with E-state index in [0.717, 1.165) is 44.0 Å². The first-order valence-corrected chi connectivity index (χ1v) is 15.0. The van der Waals surface area contributed by atoms with Gasteiger partial charge in [-0.25, -0.2) is 15.0 Å². The van der Waals surface area contributed by atoms with Gasteiger partial charge in [0, 0.05) is 21.9 Å². The van der Waals surface area contributed by atoms with E-state index in [-0.39, 0.29) is 0 Å². The van der Waals surface area contributed by atoms with Crippen molar-refractivity contribution in [2.75, 3.05) is 0 Å². The van der Waals surface area contributed by atoms with Crippen LogP contribution in [0.4, 0.5) is 0 Å². The van der Waals surface area contributed by atoms with Crippen molar-refractivity contribution in [3.8, 4) is 45.3 Å². The second-order valence-corrected chi connectivity index (χ2v) is 11.3. The van der Waals surface area contributed by atoms with E-state index in [0.29, 0.717) is 17.5 Å². The number of hydrogen-bond donors (Lipinski definition) is 0. The van der Waals surface area contributed by atoms with Crippen LogP contribution in [0.25, 0.3) is 88.8 Å². The summed E-state index contributed by atoms with van der Waals surface area (Å²) in [4.78, 5) is 14.8. The molecule has 0 spiro atoms. The van der Waals surface area contributed by atoms with Gasteiger partial charge in [0.25, 0.3) is 0 Å². The molecule has 0 saturated heterocycles. The maximum absolute atomic E-state index is 6.60. The first-order valence-electron chi connectivity index (χ1n) is 15.0. The van der Waals surface area contributed by atoms with E-state index >= 15 is 0 Å². The van der Waals surface area contributed by atoms with Crippen LogP contribution in [0.3, 0.4) is 0 Å². The van der Waals surface area contributed by atoms with Crippen molar-refractivity contribution in [2.24, 2.45) is 0 Å². The van der Waals surface area contributed by atoms with Crippen molar-refractivity contribution in [3.63, 3.8) is 0 Å². The summed E-state index contributed by atoms with van der Waals surface area (Å²) in [6, 6.07) is 52.4. The number of rotatable bonds is 4. The van der Waals surface area contributed by atoms with Gasteiger partial charge in [0.05, 0.1) is 5.56 Å². The lowest BCUT2D eigenvalue weighted by atomic mass is 9.97. The Morgan fingerprint density at radius 3 is 1.64 bits per heavy atom. The van der Waals surface area contributed by atoms with E-state index in [1.807, 2.05) is 66.7 Å². The molecule has 4 heteroatoms. The second-order valence-electron chi connectivity index (χ2n) is 11.3. The zero-order valence-electron chi connectivity index (χ0n) is 24.2. The fourth-order valence-corrected chi connectivity index (χ4v) is 6.19. The molecule has 0 fully saturated rings. The predicted molar refractivity (Wildman–Crippen MR) is 184 cm³/mol. The summed E-state index contributed by atoms with van der Waals surface area (Å²) in [5.74, 6) is 1.83. The molecule has 7 aromatic carbocycles. The average Bonchev–Trinajstić information content (AvgIpc) is 3.48. The molecule has 0 aliphatic carbocycles. The Hall–Kier alpha value is -6.13. The molecule has 0 amide bonds. The summed E-state index contributed by atoms with van der Waals surface area (Å²) < 4.78 is 6.60. The molecule has 0 N–H and O–H groups in total. The van der Waals surface area contributed by atoms with Gasteiger partial charge in [-0.1, -0.05) is 121 Å². The van der Waals surface area contributed by atoms with Gasteiger partial charge >= 0.3 is 0 Å². The molecule has 0 unspecified atom stereocenters. The number of furan rings is 1. The third kappa shape index (κ3) is 4.43. The molecule has 0 radical (unpaired) electrons. The second kappa shape index (κ2) is 10.2. The Labute approximate surface area is 259 Å². The number of fused-ring (bicyclic) bond motifs is 5. The Bertz CT molecular complexity index is 2480. The van der Waals surface area contributed by atoms with E-state index in [1.54, 1.807) is 0 Å². The fourth-order valence-electron chi connectivity index (χ4n) is 6.19. The molecule has 0 aliphatic rings. The average molecular weight is 576 g/mol. The molecule has 9 rings (SSSR count). The molecule has 9 aromatic rings. The van der Waals surface area contributed by atoms with Crippen LogP contribution in [-0.2, 0) is 0 Å². The third-order valence-electron chi connectivity index (χ3n) is 8.48. The lowest BCUT2D eigenvalue weighted by Crippen LogP contribution is -2.00. The van der Waals surface area contributed by atoms with Gasteiger partial charge in [0.2, 0.25) is 0 Å². The van der Waals surface area contributed by atoms with Gasteiger partial charge in [-0.15, -0.1) is 0 Å². The van der Waals surface area contributed by atoms with Gasteiger partial charge in [-0.05, 0) is 63.0 Å². The number of aromatic nitrogens is 3. The normalized spacial score (nSPS) is 11.6. The van der Waals surface area contributed by atoms with Crippen molar-refractivity contribution >= 4 is 43.5 Å². The zero-order chi connectivity index (χ0) is 29.7. The van der Waals surface area contributed by atoms with Crippen molar-refractivity contribution in [1.29, 1.82) is 0 Å². The highest BCUT2D eigenvalue weighted by Gasteiger charge is 2.18. The van der Waals surface area contributed by atoms with Crippen LogP contribution in [0.5, 0.6) is 0 Å². The maximum Gasteiger partial charge on any atom is 0.167 e. The number of para-hydroxylation sites is 1. The maximum atomic E-state index is 6.60. The fraction of sp³-hybridized carbons (Fsp3) is 0.